The number of piperazine rings is 1. The SMILES string of the molecule is Nc1ccc(Cl)c(CN2CCN(c3ccccn3)CC2)n1. The summed E-state index contributed by atoms with van der Waals surface area (Å²) in [6.07, 6.45) is 1.83. The first-order chi connectivity index (χ1) is 10.2. The Bertz CT molecular complexity index is 596. The minimum absolute atomic E-state index is 0.515. The average Bonchev–Trinajstić information content (AvgIpc) is 2.53. The third-order valence-electron chi connectivity index (χ3n) is 3.66. The molecule has 5 nitrogen and oxygen atoms in total. The van der Waals surface area contributed by atoms with Crippen LogP contribution in [0.5, 0.6) is 0 Å². The Morgan fingerprint density at radius 1 is 1.10 bits per heavy atom. The van der Waals surface area contributed by atoms with E-state index in [2.05, 4.69) is 19.8 Å². The molecule has 0 aliphatic carbocycles. The number of nitrogen functional groups attached to an aromatic ring is 1. The van der Waals surface area contributed by atoms with Gasteiger partial charge in [-0.3, -0.25) is 4.90 Å². The highest BCUT2D eigenvalue weighted by Crippen LogP contribution is 2.19. The Hall–Kier alpha value is -1.85. The molecule has 21 heavy (non-hydrogen) atoms. The summed E-state index contributed by atoms with van der Waals surface area (Å²) in [5.74, 6) is 1.55. The molecule has 1 saturated heterocycles. The van der Waals surface area contributed by atoms with Gasteiger partial charge in [-0.15, -0.1) is 0 Å². The number of hydrogen-bond acceptors (Lipinski definition) is 5. The molecule has 6 heteroatoms. The summed E-state index contributed by atoms with van der Waals surface area (Å²) in [4.78, 5) is 13.4. The van der Waals surface area contributed by atoms with Crippen molar-refractivity contribution in [2.75, 3.05) is 36.8 Å². The molecule has 0 saturated carbocycles. The maximum absolute atomic E-state index is 6.17. The van der Waals surface area contributed by atoms with Crippen molar-refractivity contribution in [2.45, 2.75) is 6.54 Å². The zero-order valence-electron chi connectivity index (χ0n) is 11.7. The molecule has 3 rings (SSSR count). The summed E-state index contributed by atoms with van der Waals surface area (Å²) in [5.41, 5.74) is 6.58. The molecule has 0 aromatic carbocycles. The molecule has 0 spiro atoms. The van der Waals surface area contributed by atoms with Crippen LogP contribution >= 0.6 is 11.6 Å². The van der Waals surface area contributed by atoms with Gasteiger partial charge < -0.3 is 10.6 Å². The predicted octanol–water partition coefficient (Wildman–Crippen LogP) is 2.03. The Morgan fingerprint density at radius 2 is 1.90 bits per heavy atom. The van der Waals surface area contributed by atoms with Gasteiger partial charge in [0, 0.05) is 38.9 Å². The van der Waals surface area contributed by atoms with Crippen molar-refractivity contribution in [3.05, 3.63) is 47.2 Å². The lowest BCUT2D eigenvalue weighted by Gasteiger charge is -2.35. The van der Waals surface area contributed by atoms with Crippen LogP contribution in [0, 0.1) is 0 Å². The van der Waals surface area contributed by atoms with E-state index in [1.165, 1.54) is 0 Å². The molecular weight excluding hydrogens is 286 g/mol. The fraction of sp³-hybridized carbons (Fsp3) is 0.333. The number of halogens is 1. The van der Waals surface area contributed by atoms with E-state index in [0.29, 0.717) is 10.8 Å². The number of pyridine rings is 2. The Labute approximate surface area is 129 Å². The third kappa shape index (κ3) is 3.43. The Morgan fingerprint density at radius 3 is 2.62 bits per heavy atom. The highest BCUT2D eigenvalue weighted by atomic mass is 35.5. The van der Waals surface area contributed by atoms with Gasteiger partial charge in [0.2, 0.25) is 0 Å². The molecule has 1 aliphatic rings. The standard InChI is InChI=1S/C15H18ClN5/c16-12-4-5-14(17)19-13(12)11-20-7-9-21(10-8-20)15-3-1-2-6-18-15/h1-6H,7-11H2,(H2,17,19). The number of hydrogen-bond donors (Lipinski definition) is 1. The summed E-state index contributed by atoms with van der Waals surface area (Å²) in [7, 11) is 0. The van der Waals surface area contributed by atoms with E-state index in [0.717, 1.165) is 44.2 Å². The molecule has 2 N–H and O–H groups in total. The minimum atomic E-state index is 0.515. The second kappa shape index (κ2) is 6.28. The van der Waals surface area contributed by atoms with Gasteiger partial charge in [-0.1, -0.05) is 17.7 Å². The zero-order chi connectivity index (χ0) is 14.7. The summed E-state index contributed by atoms with van der Waals surface area (Å²) < 4.78 is 0. The van der Waals surface area contributed by atoms with E-state index in [1.807, 2.05) is 30.5 Å². The normalized spacial score (nSPS) is 16.1. The quantitative estimate of drug-likeness (QED) is 0.940. The number of nitrogens with zero attached hydrogens (tertiary/aromatic N) is 4. The second-order valence-corrected chi connectivity index (χ2v) is 5.52. The van der Waals surface area contributed by atoms with Gasteiger partial charge in [0.15, 0.2) is 0 Å². The van der Waals surface area contributed by atoms with Gasteiger partial charge in [-0.05, 0) is 24.3 Å². The van der Waals surface area contributed by atoms with E-state index in [1.54, 1.807) is 6.07 Å². The molecule has 2 aromatic heterocycles. The Kier molecular flexibility index (Phi) is 4.22. The fourth-order valence-electron chi connectivity index (χ4n) is 2.50. The smallest absolute Gasteiger partial charge is 0.128 e. The van der Waals surface area contributed by atoms with E-state index < -0.39 is 0 Å². The molecule has 3 heterocycles. The van der Waals surface area contributed by atoms with Crippen LogP contribution in [-0.2, 0) is 6.54 Å². The monoisotopic (exact) mass is 303 g/mol. The first-order valence-electron chi connectivity index (χ1n) is 7.01. The van der Waals surface area contributed by atoms with Crippen LogP contribution in [0.25, 0.3) is 0 Å². The van der Waals surface area contributed by atoms with Crippen LogP contribution < -0.4 is 10.6 Å². The number of rotatable bonds is 3. The van der Waals surface area contributed by atoms with Crippen molar-refractivity contribution in [1.29, 1.82) is 0 Å². The second-order valence-electron chi connectivity index (χ2n) is 5.12. The topological polar surface area (TPSA) is 58.3 Å². The molecule has 1 aliphatic heterocycles. The third-order valence-corrected chi connectivity index (χ3v) is 4.00. The zero-order valence-corrected chi connectivity index (χ0v) is 12.5. The van der Waals surface area contributed by atoms with E-state index in [4.69, 9.17) is 17.3 Å². The molecule has 110 valence electrons. The molecule has 2 aromatic rings. The van der Waals surface area contributed by atoms with Crippen molar-refractivity contribution >= 4 is 23.2 Å². The van der Waals surface area contributed by atoms with Crippen molar-refractivity contribution in [2.24, 2.45) is 0 Å². The maximum atomic E-state index is 6.17. The lowest BCUT2D eigenvalue weighted by Crippen LogP contribution is -2.46. The average molecular weight is 304 g/mol. The fourth-order valence-corrected chi connectivity index (χ4v) is 2.66. The number of nitrogens with two attached hydrogens (primary N) is 1. The first kappa shape index (κ1) is 14.1. The largest absolute Gasteiger partial charge is 0.384 e. The van der Waals surface area contributed by atoms with E-state index in [-0.39, 0.29) is 0 Å². The highest BCUT2D eigenvalue weighted by molar-refractivity contribution is 6.31. The molecule has 0 atom stereocenters. The van der Waals surface area contributed by atoms with Gasteiger partial charge in [0.1, 0.15) is 11.6 Å². The van der Waals surface area contributed by atoms with Crippen LogP contribution in [0.3, 0.4) is 0 Å². The van der Waals surface area contributed by atoms with Gasteiger partial charge in [0.25, 0.3) is 0 Å². The molecule has 0 radical (unpaired) electrons. The molecule has 0 amide bonds. The highest BCUT2D eigenvalue weighted by Gasteiger charge is 2.19. The molecule has 1 fully saturated rings. The maximum Gasteiger partial charge on any atom is 0.128 e. The van der Waals surface area contributed by atoms with E-state index in [9.17, 15) is 0 Å². The lowest BCUT2D eigenvalue weighted by atomic mass is 10.2. The van der Waals surface area contributed by atoms with Crippen LogP contribution in [-0.4, -0.2) is 41.0 Å². The lowest BCUT2D eigenvalue weighted by molar-refractivity contribution is 0.247. The van der Waals surface area contributed by atoms with Crippen LogP contribution in [0.1, 0.15) is 5.69 Å². The Balaban J connectivity index is 1.60. The van der Waals surface area contributed by atoms with Gasteiger partial charge in [-0.25, -0.2) is 9.97 Å². The minimum Gasteiger partial charge on any atom is -0.384 e. The van der Waals surface area contributed by atoms with Gasteiger partial charge in [0.05, 0.1) is 10.7 Å². The molecule has 0 bridgehead atoms. The first-order valence-corrected chi connectivity index (χ1v) is 7.39. The van der Waals surface area contributed by atoms with Crippen molar-refractivity contribution < 1.29 is 0 Å². The van der Waals surface area contributed by atoms with Crippen molar-refractivity contribution in [3.63, 3.8) is 0 Å². The van der Waals surface area contributed by atoms with Crippen LogP contribution in [0.4, 0.5) is 11.6 Å². The summed E-state index contributed by atoms with van der Waals surface area (Å²) >= 11 is 6.17. The van der Waals surface area contributed by atoms with E-state index >= 15 is 0 Å². The van der Waals surface area contributed by atoms with Gasteiger partial charge in [-0.2, -0.15) is 0 Å². The van der Waals surface area contributed by atoms with Crippen molar-refractivity contribution in [1.82, 2.24) is 14.9 Å². The van der Waals surface area contributed by atoms with Crippen molar-refractivity contribution in [3.8, 4) is 0 Å². The summed E-state index contributed by atoms with van der Waals surface area (Å²) in [6, 6.07) is 9.54. The molecule has 0 unspecified atom stereocenters. The summed E-state index contributed by atoms with van der Waals surface area (Å²) in [5, 5.41) is 0.677. The molecular formula is C15H18ClN5. The summed E-state index contributed by atoms with van der Waals surface area (Å²) in [6.45, 7) is 4.57. The van der Waals surface area contributed by atoms with Gasteiger partial charge >= 0.3 is 0 Å². The van der Waals surface area contributed by atoms with Crippen LogP contribution in [0.2, 0.25) is 5.02 Å². The number of aromatic nitrogens is 2. The van der Waals surface area contributed by atoms with Crippen LogP contribution in [0.15, 0.2) is 36.5 Å². The predicted molar refractivity (Wildman–Crippen MR) is 85.4 cm³/mol. The number of anilines is 2.